The predicted molar refractivity (Wildman–Crippen MR) is 101 cm³/mol. The second-order valence-corrected chi connectivity index (χ2v) is 6.60. The number of nitrogens with zero attached hydrogens (tertiary/aromatic N) is 3. The van der Waals surface area contributed by atoms with Gasteiger partial charge in [-0.1, -0.05) is 23.7 Å². The molecule has 0 spiro atoms. The van der Waals surface area contributed by atoms with E-state index in [9.17, 15) is 9.59 Å². The number of carbonyl (C=O) groups is 2. The lowest BCUT2D eigenvalue weighted by Gasteiger charge is -2.32. The van der Waals surface area contributed by atoms with Gasteiger partial charge in [-0.05, 0) is 36.2 Å². The molecule has 1 saturated heterocycles. The van der Waals surface area contributed by atoms with Crippen LogP contribution in [0.5, 0.6) is 0 Å². The second kappa shape index (κ2) is 8.67. The van der Waals surface area contributed by atoms with E-state index in [1.165, 1.54) is 5.56 Å². The topological polar surface area (TPSA) is 65.5 Å². The van der Waals surface area contributed by atoms with Crippen molar-refractivity contribution < 1.29 is 9.59 Å². The maximum atomic E-state index is 12.6. The van der Waals surface area contributed by atoms with Gasteiger partial charge >= 0.3 is 0 Å². The molecule has 0 saturated carbocycles. The lowest BCUT2D eigenvalue weighted by atomic mass is 10.1. The van der Waals surface area contributed by atoms with Crippen molar-refractivity contribution in [3.8, 4) is 0 Å². The maximum Gasteiger partial charge on any atom is 0.254 e. The van der Waals surface area contributed by atoms with Crippen molar-refractivity contribution in [3.05, 3.63) is 58.7 Å². The van der Waals surface area contributed by atoms with Crippen LogP contribution in [0.3, 0.4) is 0 Å². The van der Waals surface area contributed by atoms with E-state index in [1.54, 1.807) is 28.1 Å². The number of hydrogen-bond acceptors (Lipinski definition) is 4. The van der Waals surface area contributed by atoms with Crippen LogP contribution in [0.2, 0.25) is 5.02 Å². The van der Waals surface area contributed by atoms with Crippen molar-refractivity contribution in [3.63, 3.8) is 0 Å². The van der Waals surface area contributed by atoms with Gasteiger partial charge in [0.15, 0.2) is 0 Å². The van der Waals surface area contributed by atoms with Crippen molar-refractivity contribution in [2.24, 2.45) is 0 Å². The highest BCUT2D eigenvalue weighted by Gasteiger charge is 2.21. The second-order valence-electron chi connectivity index (χ2n) is 6.17. The number of anilines is 1. The van der Waals surface area contributed by atoms with Crippen LogP contribution < -0.4 is 5.32 Å². The van der Waals surface area contributed by atoms with Gasteiger partial charge in [0, 0.05) is 49.5 Å². The molecule has 1 N–H and O–H groups in total. The molecule has 0 atom stereocenters. The lowest BCUT2D eigenvalue weighted by Crippen LogP contribution is -2.48. The molecule has 1 aliphatic rings. The Labute approximate surface area is 157 Å². The molecule has 2 heterocycles. The zero-order valence-electron chi connectivity index (χ0n) is 14.4. The fourth-order valence-electron chi connectivity index (χ4n) is 2.86. The molecule has 2 aromatic rings. The van der Waals surface area contributed by atoms with Gasteiger partial charge in [0.05, 0.1) is 0 Å². The number of rotatable bonds is 6. The fraction of sp³-hybridized carbons (Fsp3) is 0.316. The summed E-state index contributed by atoms with van der Waals surface area (Å²) in [6.07, 6.45) is 3.31. The molecule has 7 heteroatoms. The number of amides is 2. The third-order valence-corrected chi connectivity index (χ3v) is 4.64. The van der Waals surface area contributed by atoms with Gasteiger partial charge in [-0.3, -0.25) is 9.59 Å². The van der Waals surface area contributed by atoms with Crippen LogP contribution in [-0.4, -0.2) is 59.8 Å². The van der Waals surface area contributed by atoms with Crippen LogP contribution in [0.25, 0.3) is 0 Å². The number of aromatic nitrogens is 1. The van der Waals surface area contributed by atoms with Gasteiger partial charge < -0.3 is 15.1 Å². The van der Waals surface area contributed by atoms with Gasteiger partial charge in [0.25, 0.3) is 5.91 Å². The summed E-state index contributed by atoms with van der Waals surface area (Å²) in [5.74, 6) is 0.648. The van der Waals surface area contributed by atoms with Gasteiger partial charge in [0.1, 0.15) is 5.82 Å². The molecule has 0 radical (unpaired) electrons. The minimum atomic E-state index is -0.0290. The monoisotopic (exact) mass is 372 g/mol. The average Bonchev–Trinajstić information content (AvgIpc) is 2.69. The normalized spacial score (nSPS) is 14.2. The standard InChI is InChI=1S/C19H21ClN4O2/c20-17-3-1-15(2-4-17)5-7-21-18-13-16(6-8-22-18)19(26)24-11-9-23(14-25)10-12-24/h1-4,6,8,13-14H,5,7,9-12H2,(H,21,22). The van der Waals surface area contributed by atoms with Crippen molar-refractivity contribution in [1.82, 2.24) is 14.8 Å². The third kappa shape index (κ3) is 4.73. The number of piperazine rings is 1. The molecule has 0 aliphatic carbocycles. The first kappa shape index (κ1) is 18.2. The van der Waals surface area contributed by atoms with Crippen LogP contribution in [0, 0.1) is 0 Å². The molecule has 1 aliphatic heterocycles. The SMILES string of the molecule is O=CN1CCN(C(=O)c2ccnc(NCCc3ccc(Cl)cc3)c2)CC1. The number of nitrogens with one attached hydrogen (secondary N) is 1. The number of hydrogen-bond donors (Lipinski definition) is 1. The summed E-state index contributed by atoms with van der Waals surface area (Å²) in [5, 5.41) is 3.98. The van der Waals surface area contributed by atoms with Crippen LogP contribution in [0.4, 0.5) is 5.82 Å². The zero-order chi connectivity index (χ0) is 18.4. The van der Waals surface area contributed by atoms with E-state index >= 15 is 0 Å². The van der Waals surface area contributed by atoms with E-state index in [1.807, 2.05) is 24.3 Å². The van der Waals surface area contributed by atoms with Crippen molar-refractivity contribution >= 4 is 29.7 Å². The molecular formula is C19H21ClN4O2. The van der Waals surface area contributed by atoms with E-state index in [2.05, 4.69) is 10.3 Å². The average molecular weight is 373 g/mol. The highest BCUT2D eigenvalue weighted by Crippen LogP contribution is 2.13. The first-order valence-electron chi connectivity index (χ1n) is 8.59. The molecule has 0 unspecified atom stereocenters. The maximum absolute atomic E-state index is 12.6. The van der Waals surface area contributed by atoms with Crippen molar-refractivity contribution in [1.29, 1.82) is 0 Å². The Morgan fingerprint density at radius 2 is 1.88 bits per heavy atom. The first-order valence-corrected chi connectivity index (χ1v) is 8.96. The smallest absolute Gasteiger partial charge is 0.254 e. The molecular weight excluding hydrogens is 352 g/mol. The first-order chi connectivity index (χ1) is 12.7. The Morgan fingerprint density at radius 1 is 1.15 bits per heavy atom. The van der Waals surface area contributed by atoms with Gasteiger partial charge in [-0.25, -0.2) is 4.98 Å². The predicted octanol–water partition coefficient (Wildman–Crippen LogP) is 2.30. The quantitative estimate of drug-likeness (QED) is 0.790. The van der Waals surface area contributed by atoms with Gasteiger partial charge in [0.2, 0.25) is 6.41 Å². The molecule has 3 rings (SSSR count). The molecule has 136 valence electrons. The Balaban J connectivity index is 1.55. The highest BCUT2D eigenvalue weighted by atomic mass is 35.5. The summed E-state index contributed by atoms with van der Waals surface area (Å²) in [6.45, 7) is 2.97. The fourth-order valence-corrected chi connectivity index (χ4v) is 2.99. The minimum absolute atomic E-state index is 0.0290. The summed E-state index contributed by atoms with van der Waals surface area (Å²) in [5.41, 5.74) is 1.79. The van der Waals surface area contributed by atoms with Gasteiger partial charge in [-0.2, -0.15) is 0 Å². The third-order valence-electron chi connectivity index (χ3n) is 4.39. The molecule has 1 fully saturated rings. The summed E-state index contributed by atoms with van der Waals surface area (Å²) >= 11 is 5.89. The number of pyridine rings is 1. The Morgan fingerprint density at radius 3 is 2.58 bits per heavy atom. The van der Waals surface area contributed by atoms with E-state index < -0.39 is 0 Å². The summed E-state index contributed by atoms with van der Waals surface area (Å²) in [7, 11) is 0. The van der Waals surface area contributed by atoms with Crippen LogP contribution in [0.1, 0.15) is 15.9 Å². The summed E-state index contributed by atoms with van der Waals surface area (Å²) < 4.78 is 0. The van der Waals surface area contributed by atoms with E-state index in [0.717, 1.165) is 17.9 Å². The van der Waals surface area contributed by atoms with E-state index in [4.69, 9.17) is 11.6 Å². The van der Waals surface area contributed by atoms with E-state index in [0.29, 0.717) is 44.1 Å². The summed E-state index contributed by atoms with van der Waals surface area (Å²) in [4.78, 5) is 31.1. The number of halogens is 1. The Hall–Kier alpha value is -2.60. The van der Waals surface area contributed by atoms with Crippen LogP contribution in [-0.2, 0) is 11.2 Å². The van der Waals surface area contributed by atoms with Gasteiger partial charge in [-0.15, -0.1) is 0 Å². The zero-order valence-corrected chi connectivity index (χ0v) is 15.2. The lowest BCUT2D eigenvalue weighted by molar-refractivity contribution is -0.119. The molecule has 0 bridgehead atoms. The Bertz CT molecular complexity index is 758. The highest BCUT2D eigenvalue weighted by molar-refractivity contribution is 6.30. The Kier molecular flexibility index (Phi) is 6.07. The van der Waals surface area contributed by atoms with Crippen LogP contribution in [0.15, 0.2) is 42.6 Å². The molecule has 2 amide bonds. The van der Waals surface area contributed by atoms with Crippen molar-refractivity contribution in [2.75, 3.05) is 38.0 Å². The largest absolute Gasteiger partial charge is 0.370 e. The molecule has 6 nitrogen and oxygen atoms in total. The minimum Gasteiger partial charge on any atom is -0.370 e. The van der Waals surface area contributed by atoms with Crippen LogP contribution >= 0.6 is 11.6 Å². The summed E-state index contributed by atoms with van der Waals surface area (Å²) in [6, 6.07) is 11.2. The van der Waals surface area contributed by atoms with Crippen molar-refractivity contribution in [2.45, 2.75) is 6.42 Å². The van der Waals surface area contributed by atoms with E-state index in [-0.39, 0.29) is 5.91 Å². The molecule has 1 aromatic carbocycles. The number of benzene rings is 1. The molecule has 26 heavy (non-hydrogen) atoms. The molecule has 1 aromatic heterocycles. The number of carbonyl (C=O) groups excluding carboxylic acids is 2.